The average Bonchev–Trinajstić information content (AvgIpc) is 2.64. The van der Waals surface area contributed by atoms with Crippen LogP contribution in [0.25, 0.3) is 0 Å². The summed E-state index contributed by atoms with van der Waals surface area (Å²) in [7, 11) is 0. The lowest BCUT2D eigenvalue weighted by atomic mass is 10.1. The summed E-state index contributed by atoms with van der Waals surface area (Å²) in [5, 5.41) is 41.3. The van der Waals surface area contributed by atoms with Crippen molar-refractivity contribution in [2.75, 3.05) is 13.2 Å². The van der Waals surface area contributed by atoms with E-state index in [1.165, 1.54) is 0 Å². The van der Waals surface area contributed by atoms with Gasteiger partial charge in [-0.25, -0.2) is 0 Å². The predicted molar refractivity (Wildman–Crippen MR) is 93.3 cm³/mol. The molecule has 0 aromatic heterocycles. The van der Waals surface area contributed by atoms with E-state index in [1.54, 1.807) is 0 Å². The Kier molecular flexibility index (Phi) is 11.5. The molecule has 3 amide bonds. The Morgan fingerprint density at radius 1 is 0.724 bits per heavy atom. The van der Waals surface area contributed by atoms with Gasteiger partial charge < -0.3 is 42.1 Å². The Bertz CT molecular complexity index is 639. The molecule has 29 heavy (non-hydrogen) atoms. The molecule has 0 aliphatic heterocycles. The molecule has 0 rings (SSSR count). The van der Waals surface area contributed by atoms with Crippen LogP contribution >= 0.6 is 0 Å². The minimum atomic E-state index is -1.55. The molecule has 0 saturated heterocycles. The quantitative estimate of drug-likeness (QED) is 0.135. The SMILES string of the molecule is NC(CCC(=O)O)C(=O)NC(CCC(=O)O)C(=O)NC(CO)C(=O)NCC(=O)O. The summed E-state index contributed by atoms with van der Waals surface area (Å²) in [6.07, 6.45) is -1.55. The van der Waals surface area contributed by atoms with Crippen LogP contribution in [0.1, 0.15) is 25.7 Å². The van der Waals surface area contributed by atoms with Gasteiger partial charge in [0.25, 0.3) is 0 Å². The van der Waals surface area contributed by atoms with E-state index >= 15 is 0 Å². The molecule has 0 aliphatic carbocycles. The molecule has 9 N–H and O–H groups in total. The number of carboxylic acid groups (broad SMARTS) is 3. The van der Waals surface area contributed by atoms with E-state index in [-0.39, 0.29) is 12.8 Å². The Morgan fingerprint density at radius 3 is 1.72 bits per heavy atom. The van der Waals surface area contributed by atoms with Gasteiger partial charge in [-0.15, -0.1) is 0 Å². The van der Waals surface area contributed by atoms with Crippen molar-refractivity contribution in [3.63, 3.8) is 0 Å². The van der Waals surface area contributed by atoms with E-state index in [9.17, 15) is 33.9 Å². The molecular formula is C15H24N4O10. The Hall–Kier alpha value is -3.26. The third-order valence-electron chi connectivity index (χ3n) is 3.52. The van der Waals surface area contributed by atoms with Crippen LogP contribution in [-0.2, 0) is 28.8 Å². The molecule has 0 radical (unpaired) electrons. The van der Waals surface area contributed by atoms with Crippen LogP contribution in [0.15, 0.2) is 0 Å². The van der Waals surface area contributed by atoms with E-state index in [4.69, 9.17) is 21.1 Å². The predicted octanol–water partition coefficient (Wildman–Crippen LogP) is -3.79. The van der Waals surface area contributed by atoms with Crippen molar-refractivity contribution >= 4 is 35.6 Å². The maximum Gasteiger partial charge on any atom is 0.322 e. The van der Waals surface area contributed by atoms with Gasteiger partial charge in [0.15, 0.2) is 0 Å². The highest BCUT2D eigenvalue weighted by Crippen LogP contribution is 2.02. The molecule has 0 aromatic carbocycles. The number of aliphatic hydroxyl groups excluding tert-OH is 1. The molecule has 0 saturated carbocycles. The van der Waals surface area contributed by atoms with Crippen LogP contribution in [0.2, 0.25) is 0 Å². The fourth-order valence-electron chi connectivity index (χ4n) is 1.98. The lowest BCUT2D eigenvalue weighted by molar-refractivity contribution is -0.140. The molecule has 0 fully saturated rings. The number of hydrogen-bond donors (Lipinski definition) is 8. The second-order valence-corrected chi connectivity index (χ2v) is 5.89. The van der Waals surface area contributed by atoms with Crippen LogP contribution in [0, 0.1) is 0 Å². The lowest BCUT2D eigenvalue weighted by Gasteiger charge is -2.22. The summed E-state index contributed by atoms with van der Waals surface area (Å²) in [6.45, 7) is -1.66. The van der Waals surface area contributed by atoms with E-state index in [0.717, 1.165) is 0 Å². The van der Waals surface area contributed by atoms with Gasteiger partial charge in [0.05, 0.1) is 12.6 Å². The molecule has 3 atom stereocenters. The lowest BCUT2D eigenvalue weighted by Crippen LogP contribution is -2.57. The van der Waals surface area contributed by atoms with Gasteiger partial charge in [0, 0.05) is 12.8 Å². The van der Waals surface area contributed by atoms with Crippen LogP contribution in [0.3, 0.4) is 0 Å². The second-order valence-electron chi connectivity index (χ2n) is 5.89. The summed E-state index contributed by atoms with van der Waals surface area (Å²) < 4.78 is 0. The fraction of sp³-hybridized carbons (Fsp3) is 0.600. The number of amides is 3. The molecule has 3 unspecified atom stereocenters. The number of nitrogens with one attached hydrogen (secondary N) is 3. The summed E-state index contributed by atoms with van der Waals surface area (Å²) in [6, 6.07) is -4.28. The fourth-order valence-corrected chi connectivity index (χ4v) is 1.98. The minimum Gasteiger partial charge on any atom is -0.481 e. The molecule has 0 aromatic rings. The number of aliphatic hydroxyl groups is 1. The summed E-state index contributed by atoms with van der Waals surface area (Å²) >= 11 is 0. The Balaban J connectivity index is 5.07. The Morgan fingerprint density at radius 2 is 1.24 bits per heavy atom. The van der Waals surface area contributed by atoms with Gasteiger partial charge in [-0.05, 0) is 12.8 Å². The first-order valence-corrected chi connectivity index (χ1v) is 8.38. The summed E-state index contributed by atoms with van der Waals surface area (Å²) in [4.78, 5) is 67.9. The average molecular weight is 420 g/mol. The van der Waals surface area contributed by atoms with Crippen LogP contribution < -0.4 is 21.7 Å². The first-order chi connectivity index (χ1) is 13.5. The van der Waals surface area contributed by atoms with Crippen molar-refractivity contribution < 1.29 is 49.2 Å². The van der Waals surface area contributed by atoms with Crippen LogP contribution in [0.4, 0.5) is 0 Å². The molecular weight excluding hydrogens is 396 g/mol. The highest BCUT2D eigenvalue weighted by Gasteiger charge is 2.28. The van der Waals surface area contributed by atoms with Crippen molar-refractivity contribution in [1.29, 1.82) is 0 Å². The van der Waals surface area contributed by atoms with E-state index in [1.807, 2.05) is 5.32 Å². The molecule has 0 aliphatic rings. The highest BCUT2D eigenvalue weighted by molar-refractivity contribution is 5.94. The maximum absolute atomic E-state index is 12.3. The van der Waals surface area contributed by atoms with Crippen molar-refractivity contribution in [3.8, 4) is 0 Å². The normalized spacial score (nSPS) is 13.4. The number of rotatable bonds is 14. The third kappa shape index (κ3) is 11.2. The van der Waals surface area contributed by atoms with E-state index in [2.05, 4.69) is 10.6 Å². The number of carbonyl (C=O) groups is 6. The van der Waals surface area contributed by atoms with Crippen molar-refractivity contribution in [3.05, 3.63) is 0 Å². The zero-order valence-corrected chi connectivity index (χ0v) is 15.3. The second kappa shape index (κ2) is 13.0. The van der Waals surface area contributed by atoms with Crippen LogP contribution in [0.5, 0.6) is 0 Å². The molecule has 14 nitrogen and oxygen atoms in total. The topological polar surface area (TPSA) is 245 Å². The monoisotopic (exact) mass is 420 g/mol. The smallest absolute Gasteiger partial charge is 0.322 e. The van der Waals surface area contributed by atoms with Gasteiger partial charge in [-0.1, -0.05) is 0 Å². The largest absolute Gasteiger partial charge is 0.481 e. The molecule has 0 heterocycles. The molecule has 0 bridgehead atoms. The molecule has 14 heteroatoms. The van der Waals surface area contributed by atoms with E-state index < -0.39 is 79.7 Å². The maximum atomic E-state index is 12.3. The highest BCUT2D eigenvalue weighted by atomic mass is 16.4. The van der Waals surface area contributed by atoms with E-state index in [0.29, 0.717) is 0 Å². The van der Waals surface area contributed by atoms with Crippen molar-refractivity contribution in [2.45, 2.75) is 43.8 Å². The number of nitrogens with two attached hydrogens (primary N) is 1. The van der Waals surface area contributed by atoms with Gasteiger partial charge >= 0.3 is 17.9 Å². The zero-order chi connectivity index (χ0) is 22.6. The zero-order valence-electron chi connectivity index (χ0n) is 15.3. The third-order valence-corrected chi connectivity index (χ3v) is 3.52. The number of aliphatic carboxylic acids is 3. The summed E-state index contributed by atoms with van der Waals surface area (Å²) in [5.74, 6) is -6.76. The van der Waals surface area contributed by atoms with Gasteiger partial charge in [-0.3, -0.25) is 28.8 Å². The van der Waals surface area contributed by atoms with Crippen LogP contribution in [-0.4, -0.2) is 87.3 Å². The molecule has 164 valence electrons. The molecule has 0 spiro atoms. The number of carbonyl (C=O) groups excluding carboxylic acids is 3. The standard InChI is InChI=1S/C15H24N4O10/c16-7(1-3-10(21)22)13(27)18-8(2-4-11(23)24)15(29)19-9(6-20)14(28)17-5-12(25)26/h7-9,20H,1-6,16H2,(H,17,28)(H,18,27)(H,19,29)(H,21,22)(H,23,24)(H,25,26). The van der Waals surface area contributed by atoms with Gasteiger partial charge in [0.2, 0.25) is 17.7 Å². The first kappa shape index (κ1) is 25.7. The van der Waals surface area contributed by atoms with Gasteiger partial charge in [0.1, 0.15) is 18.6 Å². The number of carboxylic acids is 3. The van der Waals surface area contributed by atoms with Crippen molar-refractivity contribution in [1.82, 2.24) is 16.0 Å². The number of hydrogen-bond acceptors (Lipinski definition) is 8. The minimum absolute atomic E-state index is 0.231. The Labute approximate surface area is 164 Å². The summed E-state index contributed by atoms with van der Waals surface area (Å²) in [5.41, 5.74) is 5.53. The van der Waals surface area contributed by atoms with Gasteiger partial charge in [-0.2, -0.15) is 0 Å². The van der Waals surface area contributed by atoms with Crippen molar-refractivity contribution in [2.24, 2.45) is 5.73 Å². The first-order valence-electron chi connectivity index (χ1n) is 8.38.